The molecule has 0 aliphatic carbocycles. The maximum Gasteiger partial charge on any atom is 0.471 e. The lowest BCUT2D eigenvalue weighted by Gasteiger charge is -2.18. The van der Waals surface area contributed by atoms with Crippen molar-refractivity contribution in [2.75, 3.05) is 14.1 Å². The molecule has 0 bridgehead atoms. The van der Waals surface area contributed by atoms with Crippen molar-refractivity contribution in [1.29, 1.82) is 0 Å². The Morgan fingerprint density at radius 1 is 1.38 bits per heavy atom. The Kier molecular flexibility index (Phi) is 4.76. The maximum absolute atomic E-state index is 14.2. The summed E-state index contributed by atoms with van der Waals surface area (Å²) in [5.74, 6) is -2.84. The second-order valence-corrected chi connectivity index (χ2v) is 5.09. The summed E-state index contributed by atoms with van der Waals surface area (Å²) in [5, 5.41) is 5.59. The summed E-state index contributed by atoms with van der Waals surface area (Å²) in [6.07, 6.45) is -4.80. The van der Waals surface area contributed by atoms with Crippen molar-refractivity contribution < 1.29 is 26.9 Å². The van der Waals surface area contributed by atoms with Crippen LogP contribution in [0.5, 0.6) is 0 Å². The lowest BCUT2D eigenvalue weighted by atomic mass is 10.0. The number of benzene rings is 1. The summed E-state index contributed by atoms with van der Waals surface area (Å²) in [7, 11) is 2.99. The SMILES string of the molecule is CNC(=O)N(C)Cc1cc(F)c(-c2noc(C(F)(F)F)n2)cc1C. The van der Waals surface area contributed by atoms with Crippen LogP contribution in [0.4, 0.5) is 22.4 Å². The first-order valence-electron chi connectivity index (χ1n) is 6.76. The largest absolute Gasteiger partial charge is 0.471 e. The molecule has 1 aromatic carbocycles. The number of urea groups is 1. The molecule has 6 nitrogen and oxygen atoms in total. The van der Waals surface area contributed by atoms with E-state index in [1.54, 1.807) is 6.92 Å². The monoisotopic (exact) mass is 346 g/mol. The second kappa shape index (κ2) is 6.46. The van der Waals surface area contributed by atoms with Gasteiger partial charge in [-0.15, -0.1) is 0 Å². The third kappa shape index (κ3) is 3.63. The first-order valence-corrected chi connectivity index (χ1v) is 6.76. The number of alkyl halides is 3. The average molecular weight is 346 g/mol. The molecule has 0 fully saturated rings. The number of halogens is 4. The lowest BCUT2D eigenvalue weighted by molar-refractivity contribution is -0.159. The van der Waals surface area contributed by atoms with E-state index in [1.807, 2.05) is 0 Å². The van der Waals surface area contributed by atoms with Crippen molar-refractivity contribution in [2.24, 2.45) is 0 Å². The van der Waals surface area contributed by atoms with Gasteiger partial charge in [0.15, 0.2) is 0 Å². The van der Waals surface area contributed by atoms with Gasteiger partial charge < -0.3 is 14.7 Å². The van der Waals surface area contributed by atoms with E-state index in [9.17, 15) is 22.4 Å². The molecule has 10 heteroatoms. The number of hydrogen-bond acceptors (Lipinski definition) is 4. The van der Waals surface area contributed by atoms with Gasteiger partial charge in [0.25, 0.3) is 0 Å². The van der Waals surface area contributed by atoms with Crippen LogP contribution in [0.25, 0.3) is 11.4 Å². The number of aromatic nitrogens is 2. The van der Waals surface area contributed by atoms with Gasteiger partial charge in [0, 0.05) is 20.6 Å². The quantitative estimate of drug-likeness (QED) is 0.868. The highest BCUT2D eigenvalue weighted by molar-refractivity contribution is 5.73. The van der Waals surface area contributed by atoms with Gasteiger partial charge in [0.05, 0.1) is 5.56 Å². The highest BCUT2D eigenvalue weighted by Crippen LogP contribution is 2.31. The molecule has 0 spiro atoms. The van der Waals surface area contributed by atoms with Crippen molar-refractivity contribution in [3.63, 3.8) is 0 Å². The molecule has 0 atom stereocenters. The van der Waals surface area contributed by atoms with Crippen molar-refractivity contribution in [2.45, 2.75) is 19.6 Å². The van der Waals surface area contributed by atoms with Crippen LogP contribution >= 0.6 is 0 Å². The molecule has 1 N–H and O–H groups in total. The molecule has 1 heterocycles. The van der Waals surface area contributed by atoms with E-state index in [2.05, 4.69) is 20.0 Å². The topological polar surface area (TPSA) is 71.3 Å². The fourth-order valence-corrected chi connectivity index (χ4v) is 2.03. The molecule has 0 unspecified atom stereocenters. The molecular weight excluding hydrogens is 332 g/mol. The van der Waals surface area contributed by atoms with Gasteiger partial charge in [-0.2, -0.15) is 18.2 Å². The highest BCUT2D eigenvalue weighted by atomic mass is 19.4. The number of rotatable bonds is 3. The van der Waals surface area contributed by atoms with Crippen LogP contribution in [0.2, 0.25) is 0 Å². The van der Waals surface area contributed by atoms with Gasteiger partial charge in [-0.05, 0) is 30.2 Å². The van der Waals surface area contributed by atoms with Crippen molar-refractivity contribution in [1.82, 2.24) is 20.4 Å². The molecule has 0 saturated heterocycles. The van der Waals surface area contributed by atoms with Crippen LogP contribution in [0.15, 0.2) is 16.7 Å². The molecule has 24 heavy (non-hydrogen) atoms. The minimum Gasteiger partial charge on any atom is -0.341 e. The minimum absolute atomic E-state index is 0.128. The lowest BCUT2D eigenvalue weighted by Crippen LogP contribution is -2.34. The number of hydrogen-bond donors (Lipinski definition) is 1. The zero-order chi connectivity index (χ0) is 18.1. The number of nitrogens with one attached hydrogen (secondary N) is 1. The Hall–Kier alpha value is -2.65. The van der Waals surface area contributed by atoms with Gasteiger partial charge in [-0.3, -0.25) is 0 Å². The van der Waals surface area contributed by atoms with Crippen LogP contribution in [-0.2, 0) is 12.7 Å². The number of nitrogens with zero attached hydrogens (tertiary/aromatic N) is 3. The zero-order valence-corrected chi connectivity index (χ0v) is 13.0. The predicted octanol–water partition coefficient (Wildman–Crippen LogP) is 2.97. The highest BCUT2D eigenvalue weighted by Gasteiger charge is 2.38. The van der Waals surface area contributed by atoms with Crippen LogP contribution in [-0.4, -0.2) is 35.2 Å². The predicted molar refractivity (Wildman–Crippen MR) is 75.4 cm³/mol. The molecule has 130 valence electrons. The minimum atomic E-state index is -4.80. The number of aryl methyl sites for hydroxylation is 1. The fourth-order valence-electron chi connectivity index (χ4n) is 2.03. The van der Waals surface area contributed by atoms with Gasteiger partial charge in [0.1, 0.15) is 5.82 Å². The van der Waals surface area contributed by atoms with Gasteiger partial charge >= 0.3 is 18.1 Å². The molecular formula is C14H14F4N4O2. The average Bonchev–Trinajstić information content (AvgIpc) is 2.99. The molecule has 2 aromatic rings. The second-order valence-electron chi connectivity index (χ2n) is 5.09. The smallest absolute Gasteiger partial charge is 0.341 e. The van der Waals surface area contributed by atoms with E-state index in [4.69, 9.17) is 0 Å². The van der Waals surface area contributed by atoms with E-state index in [1.165, 1.54) is 25.1 Å². The van der Waals surface area contributed by atoms with E-state index >= 15 is 0 Å². The summed E-state index contributed by atoms with van der Waals surface area (Å²) in [5.41, 5.74) is 0.862. The van der Waals surface area contributed by atoms with Crippen molar-refractivity contribution in [3.05, 3.63) is 35.0 Å². The van der Waals surface area contributed by atoms with Crippen LogP contribution in [0.1, 0.15) is 17.0 Å². The van der Waals surface area contributed by atoms with E-state index < -0.39 is 23.7 Å². The summed E-state index contributed by atoms with van der Waals surface area (Å²) in [6.45, 7) is 1.77. The Labute approximate surface area is 134 Å². The van der Waals surface area contributed by atoms with E-state index in [-0.39, 0.29) is 18.1 Å². The first kappa shape index (κ1) is 17.7. The summed E-state index contributed by atoms with van der Waals surface area (Å²) < 4.78 is 55.8. The Bertz CT molecular complexity index is 758. The maximum atomic E-state index is 14.2. The fraction of sp³-hybridized carbons (Fsp3) is 0.357. The molecule has 0 aliphatic rings. The Balaban J connectivity index is 2.33. The molecule has 2 rings (SSSR count). The van der Waals surface area contributed by atoms with Gasteiger partial charge in [0.2, 0.25) is 5.82 Å². The van der Waals surface area contributed by atoms with Crippen LogP contribution in [0.3, 0.4) is 0 Å². The standard InChI is InChI=1S/C14H14F4N4O2/c1-7-4-9(11-20-12(24-21-11)14(16,17)18)10(15)5-8(7)6-22(3)13(23)19-2/h4-5H,6H2,1-3H3,(H,19,23). The van der Waals surface area contributed by atoms with Gasteiger partial charge in [-0.1, -0.05) is 5.16 Å². The number of amides is 2. The Morgan fingerprint density at radius 3 is 2.58 bits per heavy atom. The summed E-state index contributed by atoms with van der Waals surface area (Å²) in [4.78, 5) is 16.0. The van der Waals surface area contributed by atoms with Crippen molar-refractivity contribution in [3.8, 4) is 11.4 Å². The normalized spacial score (nSPS) is 11.5. The summed E-state index contributed by atoms with van der Waals surface area (Å²) in [6, 6.07) is 2.09. The van der Waals surface area contributed by atoms with Crippen LogP contribution in [0, 0.1) is 12.7 Å². The Morgan fingerprint density at radius 2 is 2.04 bits per heavy atom. The molecule has 2 amide bonds. The molecule has 0 radical (unpaired) electrons. The van der Waals surface area contributed by atoms with E-state index in [0.717, 1.165) is 6.07 Å². The molecule has 0 saturated carbocycles. The summed E-state index contributed by atoms with van der Waals surface area (Å²) >= 11 is 0. The van der Waals surface area contributed by atoms with Gasteiger partial charge in [-0.25, -0.2) is 9.18 Å². The molecule has 0 aliphatic heterocycles. The van der Waals surface area contributed by atoms with Crippen LogP contribution < -0.4 is 5.32 Å². The van der Waals surface area contributed by atoms with E-state index in [0.29, 0.717) is 11.1 Å². The molecule has 1 aromatic heterocycles. The third-order valence-corrected chi connectivity index (χ3v) is 3.30. The third-order valence-electron chi connectivity index (χ3n) is 3.30. The number of carbonyl (C=O) groups is 1. The van der Waals surface area contributed by atoms with Crippen molar-refractivity contribution >= 4 is 6.03 Å². The first-order chi connectivity index (χ1) is 11.1. The zero-order valence-electron chi connectivity index (χ0n) is 13.0. The number of carbonyl (C=O) groups excluding carboxylic acids is 1.